The molecule has 1 fully saturated rings. The van der Waals surface area contributed by atoms with Gasteiger partial charge in [-0.1, -0.05) is 19.8 Å². The third-order valence-electron chi connectivity index (χ3n) is 3.87. The zero-order valence-electron chi connectivity index (χ0n) is 14.7. The van der Waals surface area contributed by atoms with Crippen molar-refractivity contribution in [1.29, 1.82) is 0 Å². The van der Waals surface area contributed by atoms with Gasteiger partial charge in [-0.05, 0) is 45.7 Å². The van der Waals surface area contributed by atoms with Crippen LogP contribution in [0, 0.1) is 0 Å². The van der Waals surface area contributed by atoms with Gasteiger partial charge < -0.3 is 20.3 Å². The lowest BCUT2D eigenvalue weighted by Crippen LogP contribution is -2.42. The van der Waals surface area contributed by atoms with E-state index in [0.717, 1.165) is 58.2 Å². The van der Waals surface area contributed by atoms with Crippen LogP contribution in [-0.2, 0) is 4.74 Å². The van der Waals surface area contributed by atoms with Gasteiger partial charge in [0.05, 0.1) is 0 Å². The van der Waals surface area contributed by atoms with Crippen LogP contribution in [0.5, 0.6) is 0 Å². The van der Waals surface area contributed by atoms with Crippen LogP contribution in [0.25, 0.3) is 0 Å². The summed E-state index contributed by atoms with van der Waals surface area (Å²) in [6.45, 7) is 12.3. The fraction of sp³-hybridized carbons (Fsp3) is 0.941. The lowest BCUT2D eigenvalue weighted by atomic mass is 10.1. The van der Waals surface area contributed by atoms with E-state index in [2.05, 4.69) is 34.4 Å². The van der Waals surface area contributed by atoms with Gasteiger partial charge >= 0.3 is 0 Å². The van der Waals surface area contributed by atoms with E-state index in [1.807, 2.05) is 0 Å². The second kappa shape index (κ2) is 13.8. The fourth-order valence-corrected chi connectivity index (χ4v) is 2.56. The van der Waals surface area contributed by atoms with Gasteiger partial charge in [-0.25, -0.2) is 0 Å². The second-order valence-electron chi connectivity index (χ2n) is 5.91. The summed E-state index contributed by atoms with van der Waals surface area (Å²) in [4.78, 5) is 7.15. The van der Waals surface area contributed by atoms with Crippen LogP contribution in [0.1, 0.15) is 52.4 Å². The Morgan fingerprint density at radius 1 is 1.05 bits per heavy atom. The molecular weight excluding hydrogens is 276 g/mol. The van der Waals surface area contributed by atoms with Gasteiger partial charge in [0.25, 0.3) is 0 Å². The molecule has 5 heteroatoms. The highest BCUT2D eigenvalue weighted by atomic mass is 16.5. The Morgan fingerprint density at radius 2 is 1.82 bits per heavy atom. The summed E-state index contributed by atoms with van der Waals surface area (Å²) in [5.41, 5.74) is 0. The van der Waals surface area contributed by atoms with Gasteiger partial charge in [-0.3, -0.25) is 4.99 Å². The lowest BCUT2D eigenvalue weighted by Gasteiger charge is -2.26. The topological polar surface area (TPSA) is 48.9 Å². The van der Waals surface area contributed by atoms with Gasteiger partial charge in [0.2, 0.25) is 0 Å². The average molecular weight is 313 g/mol. The normalized spacial score (nSPS) is 16.7. The maximum absolute atomic E-state index is 5.56. The SMILES string of the molecule is CCCCOCCCN=C(NCC)NCCN1CCCCC1. The van der Waals surface area contributed by atoms with Crippen molar-refractivity contribution in [2.45, 2.75) is 52.4 Å². The number of aliphatic imine (C=N–C) groups is 1. The number of rotatable bonds is 11. The highest BCUT2D eigenvalue weighted by Gasteiger charge is 2.09. The molecule has 22 heavy (non-hydrogen) atoms. The zero-order chi connectivity index (χ0) is 15.9. The molecule has 0 atom stereocenters. The lowest BCUT2D eigenvalue weighted by molar-refractivity contribution is 0.130. The Morgan fingerprint density at radius 3 is 2.55 bits per heavy atom. The maximum Gasteiger partial charge on any atom is 0.191 e. The molecule has 0 aromatic heterocycles. The smallest absolute Gasteiger partial charge is 0.191 e. The Labute approximate surface area is 136 Å². The van der Waals surface area contributed by atoms with Crippen molar-refractivity contribution < 1.29 is 4.74 Å². The van der Waals surface area contributed by atoms with Crippen LogP contribution in [0.3, 0.4) is 0 Å². The van der Waals surface area contributed by atoms with Gasteiger partial charge in [-0.2, -0.15) is 0 Å². The van der Waals surface area contributed by atoms with E-state index < -0.39 is 0 Å². The van der Waals surface area contributed by atoms with E-state index in [1.54, 1.807) is 0 Å². The average Bonchev–Trinajstić information content (AvgIpc) is 2.55. The molecule has 1 saturated heterocycles. The first-order valence-corrected chi connectivity index (χ1v) is 9.19. The van der Waals surface area contributed by atoms with Crippen LogP contribution in [0.15, 0.2) is 4.99 Å². The molecule has 0 spiro atoms. The van der Waals surface area contributed by atoms with Crippen molar-refractivity contribution in [1.82, 2.24) is 15.5 Å². The molecule has 0 aliphatic carbocycles. The number of likely N-dealkylation sites (tertiary alicyclic amines) is 1. The van der Waals surface area contributed by atoms with Crippen LogP contribution in [0.2, 0.25) is 0 Å². The molecule has 1 aliphatic rings. The summed E-state index contributed by atoms with van der Waals surface area (Å²) < 4.78 is 5.56. The van der Waals surface area contributed by atoms with Crippen molar-refractivity contribution in [3.63, 3.8) is 0 Å². The molecule has 0 aromatic carbocycles. The van der Waals surface area contributed by atoms with E-state index in [-0.39, 0.29) is 0 Å². The van der Waals surface area contributed by atoms with E-state index in [1.165, 1.54) is 38.8 Å². The van der Waals surface area contributed by atoms with Crippen molar-refractivity contribution in [3.8, 4) is 0 Å². The second-order valence-corrected chi connectivity index (χ2v) is 5.91. The zero-order valence-corrected chi connectivity index (χ0v) is 14.7. The van der Waals surface area contributed by atoms with Crippen molar-refractivity contribution in [3.05, 3.63) is 0 Å². The minimum atomic E-state index is 0.816. The Balaban J connectivity index is 2.09. The maximum atomic E-state index is 5.56. The van der Waals surface area contributed by atoms with Gasteiger partial charge in [0.1, 0.15) is 0 Å². The predicted molar refractivity (Wildman–Crippen MR) is 94.6 cm³/mol. The third-order valence-corrected chi connectivity index (χ3v) is 3.87. The van der Waals surface area contributed by atoms with Gasteiger partial charge in [0.15, 0.2) is 5.96 Å². The molecule has 0 aromatic rings. The first-order chi connectivity index (χ1) is 10.9. The van der Waals surface area contributed by atoms with Crippen molar-refractivity contribution >= 4 is 5.96 Å². The summed E-state index contributed by atoms with van der Waals surface area (Å²) in [6.07, 6.45) is 7.45. The molecule has 130 valence electrons. The molecular formula is C17H36N4O. The molecule has 0 amide bonds. The molecule has 0 radical (unpaired) electrons. The van der Waals surface area contributed by atoms with E-state index >= 15 is 0 Å². The molecule has 5 nitrogen and oxygen atoms in total. The van der Waals surface area contributed by atoms with Crippen LogP contribution in [-0.4, -0.2) is 63.3 Å². The Bertz CT molecular complexity index is 278. The van der Waals surface area contributed by atoms with Gasteiger partial charge in [-0.15, -0.1) is 0 Å². The summed E-state index contributed by atoms with van der Waals surface area (Å²) in [6, 6.07) is 0. The summed E-state index contributed by atoms with van der Waals surface area (Å²) in [5.74, 6) is 0.938. The largest absolute Gasteiger partial charge is 0.381 e. The van der Waals surface area contributed by atoms with Crippen molar-refractivity contribution in [2.24, 2.45) is 4.99 Å². The van der Waals surface area contributed by atoms with E-state index in [4.69, 9.17) is 4.74 Å². The number of nitrogens with one attached hydrogen (secondary N) is 2. The molecule has 0 saturated carbocycles. The van der Waals surface area contributed by atoms with Crippen LogP contribution < -0.4 is 10.6 Å². The minimum absolute atomic E-state index is 0.816. The van der Waals surface area contributed by atoms with E-state index in [9.17, 15) is 0 Å². The standard InChI is InChI=1S/C17H36N4O/c1-3-5-15-22-16-9-10-19-17(18-4-2)20-11-14-21-12-7-6-8-13-21/h3-16H2,1-2H3,(H2,18,19,20). The number of hydrogen-bond acceptors (Lipinski definition) is 3. The first-order valence-electron chi connectivity index (χ1n) is 9.19. The number of hydrogen-bond donors (Lipinski definition) is 2. The molecule has 1 rings (SSSR count). The fourth-order valence-electron chi connectivity index (χ4n) is 2.56. The summed E-state index contributed by atoms with van der Waals surface area (Å²) in [5, 5.41) is 6.75. The molecule has 1 aliphatic heterocycles. The monoisotopic (exact) mass is 312 g/mol. The number of nitrogens with zero attached hydrogens (tertiary/aromatic N) is 2. The van der Waals surface area contributed by atoms with E-state index in [0.29, 0.717) is 0 Å². The summed E-state index contributed by atoms with van der Waals surface area (Å²) >= 11 is 0. The highest BCUT2D eigenvalue weighted by Crippen LogP contribution is 2.07. The van der Waals surface area contributed by atoms with Gasteiger partial charge in [0, 0.05) is 39.4 Å². The predicted octanol–water partition coefficient (Wildman–Crippen LogP) is 2.23. The third kappa shape index (κ3) is 10.0. The summed E-state index contributed by atoms with van der Waals surface area (Å²) in [7, 11) is 0. The minimum Gasteiger partial charge on any atom is -0.381 e. The van der Waals surface area contributed by atoms with Crippen LogP contribution >= 0.6 is 0 Å². The number of piperidine rings is 1. The Kier molecular flexibility index (Phi) is 12.1. The molecule has 0 bridgehead atoms. The van der Waals surface area contributed by atoms with Crippen molar-refractivity contribution in [2.75, 3.05) is 52.5 Å². The number of unbranched alkanes of at least 4 members (excludes halogenated alkanes) is 1. The highest BCUT2D eigenvalue weighted by molar-refractivity contribution is 5.79. The number of guanidine groups is 1. The molecule has 0 unspecified atom stereocenters. The first kappa shape index (κ1) is 19.2. The Hall–Kier alpha value is -0.810. The molecule has 1 heterocycles. The molecule has 2 N–H and O–H groups in total. The number of ether oxygens (including phenoxy) is 1. The quantitative estimate of drug-likeness (QED) is 0.349. The van der Waals surface area contributed by atoms with Crippen LogP contribution in [0.4, 0.5) is 0 Å².